The van der Waals surface area contributed by atoms with Crippen molar-refractivity contribution >= 4 is 16.8 Å². The third-order valence-corrected chi connectivity index (χ3v) is 3.43. The van der Waals surface area contributed by atoms with Crippen LogP contribution in [0.15, 0.2) is 47.5 Å². The Morgan fingerprint density at radius 1 is 1.26 bits per heavy atom. The molecule has 0 spiro atoms. The molecular weight excluding hydrogens is 299 g/mol. The normalized spacial score (nSPS) is 10.7. The van der Waals surface area contributed by atoms with Crippen molar-refractivity contribution in [3.63, 3.8) is 0 Å². The van der Waals surface area contributed by atoms with Gasteiger partial charge in [-0.05, 0) is 35.9 Å². The Bertz CT molecular complexity index is 938. The summed E-state index contributed by atoms with van der Waals surface area (Å²) in [6.07, 6.45) is 3.22. The molecule has 23 heavy (non-hydrogen) atoms. The van der Waals surface area contributed by atoms with Gasteiger partial charge in [0.25, 0.3) is 5.91 Å². The first-order chi connectivity index (χ1) is 11.1. The van der Waals surface area contributed by atoms with Crippen molar-refractivity contribution in [2.24, 2.45) is 7.05 Å². The van der Waals surface area contributed by atoms with Crippen molar-refractivity contribution in [2.45, 2.75) is 6.54 Å². The van der Waals surface area contributed by atoms with Crippen LogP contribution in [0.5, 0.6) is 0 Å². The Labute approximate surface area is 130 Å². The van der Waals surface area contributed by atoms with Crippen LogP contribution in [0.2, 0.25) is 0 Å². The van der Waals surface area contributed by atoms with E-state index in [1.165, 1.54) is 16.8 Å². The van der Waals surface area contributed by atoms with Crippen molar-refractivity contribution in [3.05, 3.63) is 70.0 Å². The second kappa shape index (κ2) is 5.96. The summed E-state index contributed by atoms with van der Waals surface area (Å²) in [5, 5.41) is 6.75. The molecule has 0 saturated heterocycles. The van der Waals surface area contributed by atoms with Gasteiger partial charge in [-0.15, -0.1) is 0 Å². The number of aromatic nitrogens is 3. The minimum Gasteiger partial charge on any atom is -0.346 e. The standard InChI is InChI=1S/C16H13FN4O2/c1-21-13-3-2-11(17)8-12(13)15(22)14(20-21)16(23)19-9-10-4-6-18-7-5-10/h2-8H,9H2,1H3,(H,19,23). The maximum absolute atomic E-state index is 13.4. The molecule has 2 aromatic heterocycles. The highest BCUT2D eigenvalue weighted by molar-refractivity contribution is 5.95. The summed E-state index contributed by atoms with van der Waals surface area (Å²) in [4.78, 5) is 28.5. The predicted octanol–water partition coefficient (Wildman–Crippen LogP) is 1.40. The third kappa shape index (κ3) is 2.94. The average Bonchev–Trinajstić information content (AvgIpc) is 2.56. The summed E-state index contributed by atoms with van der Waals surface area (Å²) in [6.45, 7) is 0.243. The van der Waals surface area contributed by atoms with Gasteiger partial charge in [-0.1, -0.05) is 0 Å². The van der Waals surface area contributed by atoms with Gasteiger partial charge in [0.05, 0.1) is 10.9 Å². The molecule has 0 saturated carbocycles. The SMILES string of the molecule is Cn1nc(C(=O)NCc2ccncc2)c(=O)c2cc(F)ccc21. The zero-order valence-corrected chi connectivity index (χ0v) is 12.3. The molecule has 3 rings (SSSR count). The van der Waals surface area contributed by atoms with Gasteiger partial charge >= 0.3 is 0 Å². The van der Waals surface area contributed by atoms with Crippen LogP contribution in [0.3, 0.4) is 0 Å². The molecule has 0 atom stereocenters. The molecule has 1 amide bonds. The number of hydrogen-bond donors (Lipinski definition) is 1. The Balaban J connectivity index is 1.94. The first-order valence-electron chi connectivity index (χ1n) is 6.90. The van der Waals surface area contributed by atoms with E-state index in [1.807, 2.05) is 0 Å². The summed E-state index contributed by atoms with van der Waals surface area (Å²) in [6, 6.07) is 7.31. The topological polar surface area (TPSA) is 76.9 Å². The van der Waals surface area contributed by atoms with Crippen molar-refractivity contribution in [1.82, 2.24) is 20.1 Å². The average molecular weight is 312 g/mol. The van der Waals surface area contributed by atoms with E-state index >= 15 is 0 Å². The monoisotopic (exact) mass is 312 g/mol. The Kier molecular flexibility index (Phi) is 3.84. The number of fused-ring (bicyclic) bond motifs is 1. The van der Waals surface area contributed by atoms with Gasteiger partial charge in [0.15, 0.2) is 5.69 Å². The molecule has 6 nitrogen and oxygen atoms in total. The second-order valence-electron chi connectivity index (χ2n) is 5.00. The molecule has 0 unspecified atom stereocenters. The van der Waals surface area contributed by atoms with Crippen molar-refractivity contribution in [1.29, 1.82) is 0 Å². The van der Waals surface area contributed by atoms with Crippen LogP contribution in [-0.2, 0) is 13.6 Å². The lowest BCUT2D eigenvalue weighted by Gasteiger charge is -2.08. The van der Waals surface area contributed by atoms with E-state index in [9.17, 15) is 14.0 Å². The summed E-state index contributed by atoms with van der Waals surface area (Å²) >= 11 is 0. The van der Waals surface area contributed by atoms with Gasteiger partial charge in [-0.2, -0.15) is 5.10 Å². The summed E-state index contributed by atoms with van der Waals surface area (Å²) in [5.41, 5.74) is 0.448. The molecular formula is C16H13FN4O2. The number of halogens is 1. The van der Waals surface area contributed by atoms with Gasteiger partial charge in [0.1, 0.15) is 5.82 Å². The molecule has 7 heteroatoms. The minimum absolute atomic E-state index is 0.122. The molecule has 0 bridgehead atoms. The zero-order valence-electron chi connectivity index (χ0n) is 12.3. The molecule has 0 aliphatic heterocycles. The molecule has 1 N–H and O–H groups in total. The van der Waals surface area contributed by atoms with Crippen LogP contribution in [0, 0.1) is 5.82 Å². The van der Waals surface area contributed by atoms with E-state index in [4.69, 9.17) is 0 Å². The van der Waals surface area contributed by atoms with Crippen LogP contribution in [0.1, 0.15) is 16.1 Å². The Morgan fingerprint density at radius 3 is 2.74 bits per heavy atom. The summed E-state index contributed by atoms with van der Waals surface area (Å²) in [5.74, 6) is -1.14. The van der Waals surface area contributed by atoms with E-state index in [0.717, 1.165) is 11.6 Å². The number of aryl methyl sites for hydroxylation is 1. The predicted molar refractivity (Wildman–Crippen MR) is 82.3 cm³/mol. The maximum Gasteiger partial charge on any atom is 0.276 e. The highest BCUT2D eigenvalue weighted by atomic mass is 19.1. The molecule has 1 aromatic carbocycles. The fraction of sp³-hybridized carbons (Fsp3) is 0.125. The lowest BCUT2D eigenvalue weighted by molar-refractivity contribution is 0.0943. The molecule has 0 aliphatic carbocycles. The molecule has 116 valence electrons. The smallest absolute Gasteiger partial charge is 0.276 e. The first kappa shape index (κ1) is 14.8. The lowest BCUT2D eigenvalue weighted by atomic mass is 10.2. The van der Waals surface area contributed by atoms with Crippen LogP contribution in [0.4, 0.5) is 4.39 Å². The quantitative estimate of drug-likeness (QED) is 0.793. The number of nitrogens with one attached hydrogen (secondary N) is 1. The summed E-state index contributed by atoms with van der Waals surface area (Å²) in [7, 11) is 1.60. The van der Waals surface area contributed by atoms with Gasteiger partial charge in [0.2, 0.25) is 5.43 Å². The number of amides is 1. The fourth-order valence-corrected chi connectivity index (χ4v) is 2.26. The van der Waals surface area contributed by atoms with Crippen molar-refractivity contribution in [2.75, 3.05) is 0 Å². The molecule has 2 heterocycles. The third-order valence-electron chi connectivity index (χ3n) is 3.43. The largest absolute Gasteiger partial charge is 0.346 e. The second-order valence-corrected chi connectivity index (χ2v) is 5.00. The van der Waals surface area contributed by atoms with Gasteiger partial charge < -0.3 is 5.32 Å². The Morgan fingerprint density at radius 2 is 2.00 bits per heavy atom. The number of rotatable bonds is 3. The lowest BCUT2D eigenvalue weighted by Crippen LogP contribution is -2.31. The van der Waals surface area contributed by atoms with Crippen LogP contribution >= 0.6 is 0 Å². The van der Waals surface area contributed by atoms with E-state index < -0.39 is 17.2 Å². The van der Waals surface area contributed by atoms with E-state index in [-0.39, 0.29) is 17.6 Å². The van der Waals surface area contributed by atoms with Crippen LogP contribution < -0.4 is 10.7 Å². The van der Waals surface area contributed by atoms with Crippen LogP contribution in [-0.4, -0.2) is 20.7 Å². The molecule has 3 aromatic rings. The highest BCUT2D eigenvalue weighted by Crippen LogP contribution is 2.11. The number of pyridine rings is 1. The fourth-order valence-electron chi connectivity index (χ4n) is 2.26. The molecule has 0 aliphatic rings. The van der Waals surface area contributed by atoms with Gasteiger partial charge in [-0.25, -0.2) is 4.39 Å². The number of benzene rings is 1. The zero-order chi connectivity index (χ0) is 16.4. The number of nitrogens with zero attached hydrogens (tertiary/aromatic N) is 3. The van der Waals surface area contributed by atoms with Gasteiger partial charge in [0, 0.05) is 26.0 Å². The number of carbonyl (C=O) groups is 1. The minimum atomic E-state index is -0.603. The van der Waals surface area contributed by atoms with Crippen LogP contribution in [0.25, 0.3) is 10.9 Å². The maximum atomic E-state index is 13.4. The number of carbonyl (C=O) groups excluding carboxylic acids is 1. The van der Waals surface area contributed by atoms with E-state index in [1.54, 1.807) is 31.6 Å². The van der Waals surface area contributed by atoms with E-state index in [2.05, 4.69) is 15.4 Å². The van der Waals surface area contributed by atoms with Crippen molar-refractivity contribution in [3.8, 4) is 0 Å². The first-order valence-corrected chi connectivity index (χ1v) is 6.90. The highest BCUT2D eigenvalue weighted by Gasteiger charge is 2.16. The summed E-state index contributed by atoms with van der Waals surface area (Å²) < 4.78 is 14.8. The Hall–Kier alpha value is -3.09. The van der Waals surface area contributed by atoms with Gasteiger partial charge in [-0.3, -0.25) is 19.3 Å². The van der Waals surface area contributed by atoms with E-state index in [0.29, 0.717) is 5.52 Å². The molecule has 0 radical (unpaired) electrons. The van der Waals surface area contributed by atoms with Crippen molar-refractivity contribution < 1.29 is 9.18 Å². The number of hydrogen-bond acceptors (Lipinski definition) is 4. The molecule has 0 fully saturated rings.